The largest absolute Gasteiger partial charge is 0.460 e. The third-order valence-electron chi connectivity index (χ3n) is 2.31. The Hall–Kier alpha value is -0.950. The molecule has 1 rings (SSSR count). The van der Waals surface area contributed by atoms with Crippen molar-refractivity contribution in [1.29, 1.82) is 0 Å². The van der Waals surface area contributed by atoms with Crippen LogP contribution in [0.4, 0.5) is 0 Å². The van der Waals surface area contributed by atoms with Gasteiger partial charge >= 0.3 is 5.97 Å². The average Bonchev–Trinajstić information content (AvgIpc) is 3.09. The fraction of sp³-hybridized carbons (Fsp3) is 0.750. The number of aliphatic hydroxyl groups is 2. The average molecular weight is 260 g/mol. The second-order valence-corrected chi connectivity index (χ2v) is 4.41. The normalized spacial score (nSPS) is 21.2. The van der Waals surface area contributed by atoms with Crippen molar-refractivity contribution in [2.75, 3.05) is 26.4 Å². The summed E-state index contributed by atoms with van der Waals surface area (Å²) in [5.41, 5.74) is 0.281. The topological polar surface area (TPSA) is 88.5 Å². The molecule has 1 heterocycles. The lowest BCUT2D eigenvalue weighted by Gasteiger charge is -2.14. The summed E-state index contributed by atoms with van der Waals surface area (Å²) in [6, 6.07) is 0. The zero-order valence-corrected chi connectivity index (χ0v) is 10.5. The number of aliphatic hydroxyl groups excluding tert-OH is 2. The molecular weight excluding hydrogens is 240 g/mol. The molecule has 0 amide bonds. The van der Waals surface area contributed by atoms with Crippen LogP contribution in [0.2, 0.25) is 0 Å². The van der Waals surface area contributed by atoms with Gasteiger partial charge in [0.1, 0.15) is 12.7 Å². The first-order chi connectivity index (χ1) is 8.49. The van der Waals surface area contributed by atoms with Gasteiger partial charge in [-0.05, 0) is 6.92 Å². The van der Waals surface area contributed by atoms with E-state index >= 15 is 0 Å². The molecule has 0 aromatic heterocycles. The number of carbonyl (C=O) groups excluding carboxylic acids is 1. The van der Waals surface area contributed by atoms with Crippen LogP contribution < -0.4 is 0 Å². The van der Waals surface area contributed by atoms with Gasteiger partial charge in [-0.15, -0.1) is 0 Å². The Kier molecular flexibility index (Phi) is 6.28. The van der Waals surface area contributed by atoms with Gasteiger partial charge in [0.25, 0.3) is 0 Å². The van der Waals surface area contributed by atoms with E-state index in [-0.39, 0.29) is 31.5 Å². The van der Waals surface area contributed by atoms with Crippen molar-refractivity contribution in [3.05, 3.63) is 12.2 Å². The maximum atomic E-state index is 11.0. The Balaban J connectivity index is 1.99. The molecule has 2 N–H and O–H groups in total. The molecule has 3 atom stereocenters. The number of hydrogen-bond acceptors (Lipinski definition) is 6. The number of ether oxygens (including phenoxy) is 3. The van der Waals surface area contributed by atoms with Crippen molar-refractivity contribution in [3.8, 4) is 0 Å². The van der Waals surface area contributed by atoms with E-state index in [1.807, 2.05) is 0 Å². The molecule has 3 unspecified atom stereocenters. The van der Waals surface area contributed by atoms with Gasteiger partial charge in [-0.25, -0.2) is 4.79 Å². The Morgan fingerprint density at radius 2 is 2.00 bits per heavy atom. The van der Waals surface area contributed by atoms with Crippen LogP contribution in [0.5, 0.6) is 0 Å². The van der Waals surface area contributed by atoms with Crippen LogP contribution >= 0.6 is 0 Å². The predicted molar refractivity (Wildman–Crippen MR) is 63.0 cm³/mol. The zero-order valence-electron chi connectivity index (χ0n) is 10.5. The summed E-state index contributed by atoms with van der Waals surface area (Å²) in [6.07, 6.45) is -0.814. The lowest BCUT2D eigenvalue weighted by atomic mass is 10.2. The molecule has 6 nitrogen and oxygen atoms in total. The van der Waals surface area contributed by atoms with Crippen molar-refractivity contribution in [3.63, 3.8) is 0 Å². The van der Waals surface area contributed by atoms with Crippen molar-refractivity contribution in [1.82, 2.24) is 0 Å². The SMILES string of the molecule is C=C(C)C(=O)OCC(O)COCC(O)CC1CO1. The third-order valence-corrected chi connectivity index (χ3v) is 2.31. The summed E-state index contributed by atoms with van der Waals surface area (Å²) in [5.74, 6) is -0.542. The minimum atomic E-state index is -0.905. The van der Waals surface area contributed by atoms with Crippen molar-refractivity contribution < 1.29 is 29.2 Å². The first-order valence-electron chi connectivity index (χ1n) is 5.87. The van der Waals surface area contributed by atoms with E-state index < -0.39 is 18.2 Å². The first kappa shape index (κ1) is 15.1. The van der Waals surface area contributed by atoms with Crippen LogP contribution in [-0.4, -0.2) is 60.9 Å². The van der Waals surface area contributed by atoms with Gasteiger partial charge in [-0.1, -0.05) is 6.58 Å². The Bertz CT molecular complexity index is 286. The summed E-state index contributed by atoms with van der Waals surface area (Å²) in [6.45, 7) is 5.63. The minimum Gasteiger partial charge on any atom is -0.460 e. The van der Waals surface area contributed by atoms with E-state index in [0.29, 0.717) is 13.0 Å². The first-order valence-corrected chi connectivity index (χ1v) is 5.87. The number of carbonyl (C=O) groups is 1. The van der Waals surface area contributed by atoms with Crippen molar-refractivity contribution >= 4 is 5.97 Å². The highest BCUT2D eigenvalue weighted by atomic mass is 16.6. The van der Waals surface area contributed by atoms with Gasteiger partial charge in [0, 0.05) is 12.0 Å². The van der Waals surface area contributed by atoms with Gasteiger partial charge in [-0.2, -0.15) is 0 Å². The van der Waals surface area contributed by atoms with Gasteiger partial charge in [-0.3, -0.25) is 0 Å². The molecule has 1 aliphatic rings. The second kappa shape index (κ2) is 7.48. The molecule has 0 aliphatic carbocycles. The Labute approximate surface area is 106 Å². The lowest BCUT2D eigenvalue weighted by molar-refractivity contribution is -0.143. The molecule has 18 heavy (non-hydrogen) atoms. The van der Waals surface area contributed by atoms with E-state index in [1.54, 1.807) is 0 Å². The molecule has 1 aliphatic heterocycles. The lowest BCUT2D eigenvalue weighted by Crippen LogP contribution is -2.26. The number of epoxide rings is 1. The zero-order chi connectivity index (χ0) is 13.5. The summed E-state index contributed by atoms with van der Waals surface area (Å²) in [5, 5.41) is 18.9. The molecule has 1 fully saturated rings. The Morgan fingerprint density at radius 1 is 1.39 bits per heavy atom. The minimum absolute atomic E-state index is 0.00601. The molecular formula is C12H20O6. The van der Waals surface area contributed by atoms with Crippen LogP contribution in [0, 0.1) is 0 Å². The van der Waals surface area contributed by atoms with Crippen LogP contribution in [0.1, 0.15) is 13.3 Å². The van der Waals surface area contributed by atoms with Gasteiger partial charge in [0.05, 0.1) is 32.0 Å². The van der Waals surface area contributed by atoms with Crippen LogP contribution in [-0.2, 0) is 19.0 Å². The van der Waals surface area contributed by atoms with Crippen LogP contribution in [0.25, 0.3) is 0 Å². The summed E-state index contributed by atoms with van der Waals surface area (Å²) < 4.78 is 14.8. The predicted octanol–water partition coefficient (Wildman–Crippen LogP) is -0.367. The maximum absolute atomic E-state index is 11.0. The van der Waals surface area contributed by atoms with E-state index in [4.69, 9.17) is 14.2 Å². The summed E-state index contributed by atoms with van der Waals surface area (Å²) in [7, 11) is 0. The Morgan fingerprint density at radius 3 is 2.56 bits per heavy atom. The molecule has 6 heteroatoms. The fourth-order valence-electron chi connectivity index (χ4n) is 1.26. The van der Waals surface area contributed by atoms with Crippen LogP contribution in [0.3, 0.4) is 0 Å². The van der Waals surface area contributed by atoms with E-state index in [2.05, 4.69) is 6.58 Å². The second-order valence-electron chi connectivity index (χ2n) is 4.41. The number of rotatable bonds is 9. The quantitative estimate of drug-likeness (QED) is 0.334. The maximum Gasteiger partial charge on any atom is 0.333 e. The molecule has 0 radical (unpaired) electrons. The molecule has 0 bridgehead atoms. The number of esters is 1. The standard InChI is InChI=1S/C12H20O6/c1-8(2)12(15)18-6-10(14)5-16-4-9(13)3-11-7-17-11/h9-11,13-14H,1,3-7H2,2H3. The van der Waals surface area contributed by atoms with Gasteiger partial charge in [0.15, 0.2) is 0 Å². The van der Waals surface area contributed by atoms with Crippen molar-refractivity contribution in [2.45, 2.75) is 31.7 Å². The van der Waals surface area contributed by atoms with E-state index in [0.717, 1.165) is 0 Å². The molecule has 0 spiro atoms. The monoisotopic (exact) mass is 260 g/mol. The van der Waals surface area contributed by atoms with E-state index in [9.17, 15) is 15.0 Å². The van der Waals surface area contributed by atoms with Crippen molar-refractivity contribution in [2.24, 2.45) is 0 Å². The van der Waals surface area contributed by atoms with Gasteiger partial charge in [0.2, 0.25) is 0 Å². The van der Waals surface area contributed by atoms with Gasteiger partial charge < -0.3 is 24.4 Å². The molecule has 0 aromatic carbocycles. The van der Waals surface area contributed by atoms with E-state index in [1.165, 1.54) is 6.92 Å². The summed E-state index contributed by atoms with van der Waals surface area (Å²) >= 11 is 0. The molecule has 1 saturated heterocycles. The molecule has 0 saturated carbocycles. The summed E-state index contributed by atoms with van der Waals surface area (Å²) in [4.78, 5) is 11.0. The third kappa shape index (κ3) is 6.70. The fourth-order valence-corrected chi connectivity index (χ4v) is 1.26. The highest BCUT2D eigenvalue weighted by Crippen LogP contribution is 2.15. The highest BCUT2D eigenvalue weighted by Gasteiger charge is 2.25. The molecule has 0 aromatic rings. The molecule has 104 valence electrons. The van der Waals surface area contributed by atoms with Crippen LogP contribution in [0.15, 0.2) is 12.2 Å². The smallest absolute Gasteiger partial charge is 0.333 e. The highest BCUT2D eigenvalue weighted by molar-refractivity contribution is 5.86. The number of hydrogen-bond donors (Lipinski definition) is 2.